The van der Waals surface area contributed by atoms with Crippen LogP contribution in [0.1, 0.15) is 5.89 Å². The molecule has 4 rings (SSSR count). The number of benzene rings is 2. The third-order valence-corrected chi connectivity index (χ3v) is 5.98. The SMILES string of the molecule is COCCn1c(SCc2nc(-c3ccc(OC)c(OC)c3)no2)nnc1-c1ccc(Cl)cc1. The summed E-state index contributed by atoms with van der Waals surface area (Å²) >= 11 is 7.48. The molecule has 2 heterocycles. The quantitative estimate of drug-likeness (QED) is 0.297. The normalized spacial score (nSPS) is 11.0. The minimum absolute atomic E-state index is 0.437. The molecule has 33 heavy (non-hydrogen) atoms. The lowest BCUT2D eigenvalue weighted by atomic mass is 10.2. The van der Waals surface area contributed by atoms with E-state index in [0.717, 1.165) is 22.1 Å². The van der Waals surface area contributed by atoms with E-state index in [1.54, 1.807) is 33.5 Å². The summed E-state index contributed by atoms with van der Waals surface area (Å²) in [4.78, 5) is 4.50. The molecule has 0 radical (unpaired) electrons. The van der Waals surface area contributed by atoms with Crippen LogP contribution in [0.2, 0.25) is 5.02 Å². The minimum atomic E-state index is 0.437. The van der Waals surface area contributed by atoms with Crippen molar-refractivity contribution in [3.63, 3.8) is 0 Å². The highest BCUT2D eigenvalue weighted by atomic mass is 35.5. The fraction of sp³-hybridized carbons (Fsp3) is 0.273. The van der Waals surface area contributed by atoms with Crippen LogP contribution in [0.4, 0.5) is 0 Å². The van der Waals surface area contributed by atoms with Crippen molar-refractivity contribution in [2.75, 3.05) is 27.9 Å². The fourth-order valence-corrected chi connectivity index (χ4v) is 4.05. The molecule has 9 nitrogen and oxygen atoms in total. The molecule has 11 heteroatoms. The first-order valence-corrected chi connectivity index (χ1v) is 11.3. The van der Waals surface area contributed by atoms with Gasteiger partial charge in [0.25, 0.3) is 0 Å². The molecule has 0 N–H and O–H groups in total. The molecular weight excluding hydrogens is 466 g/mol. The van der Waals surface area contributed by atoms with Crippen LogP contribution < -0.4 is 9.47 Å². The van der Waals surface area contributed by atoms with E-state index in [1.165, 1.54) is 11.8 Å². The lowest BCUT2D eigenvalue weighted by molar-refractivity contribution is 0.185. The Morgan fingerprint density at radius 3 is 2.45 bits per heavy atom. The number of nitrogens with zero attached hydrogens (tertiary/aromatic N) is 5. The number of methoxy groups -OCH3 is 3. The molecule has 0 aliphatic carbocycles. The van der Waals surface area contributed by atoms with Gasteiger partial charge in [-0.1, -0.05) is 28.5 Å². The van der Waals surface area contributed by atoms with E-state index < -0.39 is 0 Å². The number of ether oxygens (including phenoxy) is 3. The number of rotatable bonds is 10. The van der Waals surface area contributed by atoms with E-state index in [9.17, 15) is 0 Å². The van der Waals surface area contributed by atoms with Gasteiger partial charge in [-0.05, 0) is 42.5 Å². The Hall–Kier alpha value is -3.08. The van der Waals surface area contributed by atoms with Gasteiger partial charge < -0.3 is 18.7 Å². The van der Waals surface area contributed by atoms with Gasteiger partial charge in [-0.25, -0.2) is 0 Å². The summed E-state index contributed by atoms with van der Waals surface area (Å²) in [6, 6.07) is 12.9. The van der Waals surface area contributed by atoms with Crippen molar-refractivity contribution in [2.45, 2.75) is 17.5 Å². The van der Waals surface area contributed by atoms with Crippen LogP contribution in [0, 0.1) is 0 Å². The zero-order valence-electron chi connectivity index (χ0n) is 18.3. The summed E-state index contributed by atoms with van der Waals surface area (Å²) in [5.74, 6) is 3.34. The molecule has 0 unspecified atom stereocenters. The molecule has 0 fully saturated rings. The van der Waals surface area contributed by atoms with Gasteiger partial charge in [0.1, 0.15) is 0 Å². The minimum Gasteiger partial charge on any atom is -0.493 e. The second-order valence-electron chi connectivity index (χ2n) is 6.83. The average Bonchev–Trinajstić information content (AvgIpc) is 3.48. The van der Waals surface area contributed by atoms with E-state index in [0.29, 0.717) is 47.1 Å². The van der Waals surface area contributed by atoms with Gasteiger partial charge in [-0.2, -0.15) is 4.98 Å². The van der Waals surface area contributed by atoms with Crippen LogP contribution in [0.25, 0.3) is 22.8 Å². The highest BCUT2D eigenvalue weighted by Crippen LogP contribution is 2.32. The van der Waals surface area contributed by atoms with Crippen molar-refractivity contribution < 1.29 is 18.7 Å². The summed E-state index contributed by atoms with van der Waals surface area (Å²) in [6.45, 7) is 1.13. The Kier molecular flexibility index (Phi) is 7.48. The van der Waals surface area contributed by atoms with Crippen molar-refractivity contribution in [1.82, 2.24) is 24.9 Å². The van der Waals surface area contributed by atoms with Crippen LogP contribution in [-0.2, 0) is 17.0 Å². The van der Waals surface area contributed by atoms with E-state index in [1.807, 2.05) is 34.9 Å². The van der Waals surface area contributed by atoms with Gasteiger partial charge in [-0.15, -0.1) is 10.2 Å². The van der Waals surface area contributed by atoms with E-state index in [2.05, 4.69) is 20.3 Å². The van der Waals surface area contributed by atoms with E-state index in [-0.39, 0.29) is 0 Å². The molecule has 0 saturated heterocycles. The molecule has 2 aromatic carbocycles. The molecule has 0 bridgehead atoms. The molecule has 0 aliphatic heterocycles. The first-order chi connectivity index (χ1) is 16.1. The van der Waals surface area contributed by atoms with Gasteiger partial charge in [0.15, 0.2) is 22.5 Å². The molecule has 0 aliphatic rings. The maximum atomic E-state index is 6.02. The zero-order valence-corrected chi connectivity index (χ0v) is 19.9. The zero-order chi connectivity index (χ0) is 23.2. The summed E-state index contributed by atoms with van der Waals surface area (Å²) in [5.41, 5.74) is 1.68. The fourth-order valence-electron chi connectivity index (χ4n) is 3.12. The monoisotopic (exact) mass is 487 g/mol. The largest absolute Gasteiger partial charge is 0.493 e. The number of halogens is 1. The van der Waals surface area contributed by atoms with Crippen molar-refractivity contribution >= 4 is 23.4 Å². The Morgan fingerprint density at radius 2 is 1.73 bits per heavy atom. The predicted octanol–water partition coefficient (Wildman–Crippen LogP) is 4.60. The summed E-state index contributed by atoms with van der Waals surface area (Å²) in [6.07, 6.45) is 0. The van der Waals surface area contributed by atoms with Crippen molar-refractivity contribution in [3.8, 4) is 34.3 Å². The molecule has 172 valence electrons. The van der Waals surface area contributed by atoms with Crippen molar-refractivity contribution in [3.05, 3.63) is 53.4 Å². The topological polar surface area (TPSA) is 97.3 Å². The lowest BCUT2D eigenvalue weighted by Crippen LogP contribution is -2.07. The third kappa shape index (κ3) is 5.29. The van der Waals surface area contributed by atoms with Crippen LogP contribution in [0.15, 0.2) is 52.1 Å². The van der Waals surface area contributed by atoms with Crippen LogP contribution in [0.3, 0.4) is 0 Å². The smallest absolute Gasteiger partial charge is 0.237 e. The number of hydrogen-bond acceptors (Lipinski definition) is 9. The first kappa shape index (κ1) is 23.1. The summed E-state index contributed by atoms with van der Waals surface area (Å²) < 4.78 is 23.3. The molecule has 4 aromatic rings. The number of aromatic nitrogens is 5. The highest BCUT2D eigenvalue weighted by molar-refractivity contribution is 7.98. The van der Waals surface area contributed by atoms with E-state index >= 15 is 0 Å². The van der Waals surface area contributed by atoms with Gasteiger partial charge in [0.05, 0.1) is 33.1 Å². The molecular formula is C22H22ClN5O4S. The molecule has 0 atom stereocenters. The standard InChI is InChI=1S/C22H22ClN5O4S/c1-29-11-10-28-21(14-4-7-16(23)8-5-14)25-26-22(28)33-13-19-24-20(27-32-19)15-6-9-17(30-2)18(12-15)31-3/h4-9,12H,10-11,13H2,1-3H3. The highest BCUT2D eigenvalue weighted by Gasteiger charge is 2.17. The van der Waals surface area contributed by atoms with Crippen LogP contribution in [0.5, 0.6) is 11.5 Å². The second-order valence-corrected chi connectivity index (χ2v) is 8.21. The predicted molar refractivity (Wildman–Crippen MR) is 125 cm³/mol. The maximum Gasteiger partial charge on any atom is 0.237 e. The molecule has 0 amide bonds. The summed E-state index contributed by atoms with van der Waals surface area (Å²) in [7, 11) is 4.83. The van der Waals surface area contributed by atoms with Gasteiger partial charge >= 0.3 is 0 Å². The first-order valence-electron chi connectivity index (χ1n) is 9.98. The Balaban J connectivity index is 1.51. The molecule has 0 saturated carbocycles. The molecule has 0 spiro atoms. The number of hydrogen-bond donors (Lipinski definition) is 0. The number of thioether (sulfide) groups is 1. The molecule has 2 aromatic heterocycles. The van der Waals surface area contributed by atoms with E-state index in [4.69, 9.17) is 30.3 Å². The van der Waals surface area contributed by atoms with Crippen molar-refractivity contribution in [1.29, 1.82) is 0 Å². The van der Waals surface area contributed by atoms with Crippen LogP contribution >= 0.6 is 23.4 Å². The second kappa shape index (κ2) is 10.7. The maximum absolute atomic E-state index is 6.02. The van der Waals surface area contributed by atoms with Crippen LogP contribution in [-0.4, -0.2) is 52.8 Å². The van der Waals surface area contributed by atoms with Crippen molar-refractivity contribution in [2.24, 2.45) is 0 Å². The average molecular weight is 488 g/mol. The third-order valence-electron chi connectivity index (χ3n) is 4.77. The Bertz CT molecular complexity index is 1210. The Morgan fingerprint density at radius 1 is 0.970 bits per heavy atom. The lowest BCUT2D eigenvalue weighted by Gasteiger charge is -2.09. The Labute approximate surface area is 200 Å². The van der Waals surface area contributed by atoms with Gasteiger partial charge in [0.2, 0.25) is 11.7 Å². The van der Waals surface area contributed by atoms with Gasteiger partial charge in [-0.3, -0.25) is 4.57 Å². The van der Waals surface area contributed by atoms with Gasteiger partial charge in [0, 0.05) is 23.3 Å². The summed E-state index contributed by atoms with van der Waals surface area (Å²) in [5, 5.41) is 14.2.